The Kier molecular flexibility index (Phi) is 4.41. The fourth-order valence-corrected chi connectivity index (χ4v) is 3.63. The summed E-state index contributed by atoms with van der Waals surface area (Å²) in [7, 11) is 0. The number of benzene rings is 1. The highest BCUT2D eigenvalue weighted by Crippen LogP contribution is 2.25. The van der Waals surface area contributed by atoms with Crippen LogP contribution in [0, 0.1) is 0 Å². The van der Waals surface area contributed by atoms with Gasteiger partial charge in [-0.15, -0.1) is 22.7 Å². The molecular formula is C18H12N2O3S2. The van der Waals surface area contributed by atoms with Crippen LogP contribution in [0.25, 0.3) is 21.3 Å². The highest BCUT2D eigenvalue weighted by molar-refractivity contribution is 7.13. The van der Waals surface area contributed by atoms with Gasteiger partial charge in [-0.1, -0.05) is 36.4 Å². The lowest BCUT2D eigenvalue weighted by atomic mass is 10.2. The first-order valence-corrected chi connectivity index (χ1v) is 9.22. The van der Waals surface area contributed by atoms with E-state index in [1.54, 1.807) is 5.38 Å². The number of esters is 1. The highest BCUT2D eigenvalue weighted by Gasteiger charge is 2.15. The van der Waals surface area contributed by atoms with E-state index in [0.29, 0.717) is 17.3 Å². The van der Waals surface area contributed by atoms with Crippen molar-refractivity contribution >= 4 is 28.6 Å². The Morgan fingerprint density at radius 3 is 2.76 bits per heavy atom. The second-order valence-electron chi connectivity index (χ2n) is 5.10. The van der Waals surface area contributed by atoms with Crippen molar-refractivity contribution in [1.82, 2.24) is 9.97 Å². The molecule has 0 N–H and O–H groups in total. The number of hydrogen-bond donors (Lipinski definition) is 0. The Morgan fingerprint density at radius 1 is 1.08 bits per heavy atom. The number of thiophene rings is 1. The topological polar surface area (TPSA) is 65.2 Å². The molecule has 0 aliphatic carbocycles. The van der Waals surface area contributed by atoms with Gasteiger partial charge in [-0.25, -0.2) is 14.8 Å². The maximum Gasteiger partial charge on any atom is 0.358 e. The van der Waals surface area contributed by atoms with Gasteiger partial charge in [0.15, 0.2) is 5.69 Å². The maximum atomic E-state index is 12.2. The van der Waals surface area contributed by atoms with Crippen LogP contribution in [0.5, 0.6) is 0 Å². The van der Waals surface area contributed by atoms with E-state index in [1.807, 2.05) is 47.8 Å². The lowest BCUT2D eigenvalue weighted by molar-refractivity contribution is 0.0462. The zero-order valence-corrected chi connectivity index (χ0v) is 14.5. The molecule has 0 atom stereocenters. The summed E-state index contributed by atoms with van der Waals surface area (Å²) in [5.41, 5.74) is 1.84. The number of rotatable bonds is 5. The number of ether oxygens (including phenoxy) is 1. The summed E-state index contributed by atoms with van der Waals surface area (Å²) in [6.07, 6.45) is 1.50. The van der Waals surface area contributed by atoms with Crippen LogP contribution in [-0.4, -0.2) is 15.9 Å². The molecule has 124 valence electrons. The van der Waals surface area contributed by atoms with Gasteiger partial charge in [-0.3, -0.25) is 0 Å². The molecule has 0 amide bonds. The minimum Gasteiger partial charge on any atom is -0.454 e. The Bertz CT molecular complexity index is 975. The summed E-state index contributed by atoms with van der Waals surface area (Å²) in [4.78, 5) is 21.8. The van der Waals surface area contributed by atoms with Crippen molar-refractivity contribution in [1.29, 1.82) is 0 Å². The molecule has 3 heterocycles. The van der Waals surface area contributed by atoms with Gasteiger partial charge in [-0.05, 0) is 11.4 Å². The number of carbonyl (C=O) groups excluding carboxylic acids is 1. The third-order valence-corrected chi connectivity index (χ3v) is 5.12. The van der Waals surface area contributed by atoms with Crippen LogP contribution in [0.4, 0.5) is 0 Å². The molecule has 25 heavy (non-hydrogen) atoms. The molecule has 4 aromatic rings. The molecular weight excluding hydrogens is 356 g/mol. The third kappa shape index (κ3) is 3.52. The van der Waals surface area contributed by atoms with Crippen LogP contribution in [-0.2, 0) is 11.3 Å². The molecule has 4 rings (SSSR count). The lowest BCUT2D eigenvalue weighted by Crippen LogP contribution is -2.05. The van der Waals surface area contributed by atoms with Gasteiger partial charge < -0.3 is 9.15 Å². The van der Waals surface area contributed by atoms with Crippen LogP contribution in [0.2, 0.25) is 0 Å². The van der Waals surface area contributed by atoms with Crippen LogP contribution in [0.1, 0.15) is 16.2 Å². The number of carbonyl (C=O) groups is 1. The molecule has 1 aromatic carbocycles. The number of oxazole rings is 1. The molecule has 3 aromatic heterocycles. The first-order valence-electron chi connectivity index (χ1n) is 7.46. The fourth-order valence-electron chi connectivity index (χ4n) is 2.18. The summed E-state index contributed by atoms with van der Waals surface area (Å²) < 4.78 is 10.7. The Hall–Kier alpha value is -2.77. The van der Waals surface area contributed by atoms with E-state index in [2.05, 4.69) is 9.97 Å². The van der Waals surface area contributed by atoms with E-state index in [9.17, 15) is 4.79 Å². The van der Waals surface area contributed by atoms with Crippen LogP contribution in [0.15, 0.2) is 63.9 Å². The largest absolute Gasteiger partial charge is 0.454 e. The molecule has 0 aliphatic heterocycles. The van der Waals surface area contributed by atoms with E-state index in [4.69, 9.17) is 9.15 Å². The van der Waals surface area contributed by atoms with Crippen molar-refractivity contribution in [3.63, 3.8) is 0 Å². The second-order valence-corrected chi connectivity index (χ2v) is 6.91. The van der Waals surface area contributed by atoms with Crippen molar-refractivity contribution in [2.45, 2.75) is 6.61 Å². The monoisotopic (exact) mass is 368 g/mol. The summed E-state index contributed by atoms with van der Waals surface area (Å²) in [6.45, 7) is 0.0475. The van der Waals surface area contributed by atoms with Crippen molar-refractivity contribution < 1.29 is 13.9 Å². The normalized spacial score (nSPS) is 10.7. The summed E-state index contributed by atoms with van der Waals surface area (Å²) in [5.74, 6) is 0.0557. The van der Waals surface area contributed by atoms with Gasteiger partial charge in [0.1, 0.15) is 23.6 Å². The van der Waals surface area contributed by atoms with Gasteiger partial charge in [0, 0.05) is 10.9 Å². The zero-order chi connectivity index (χ0) is 17.1. The number of nitrogens with zero attached hydrogens (tertiary/aromatic N) is 2. The van der Waals surface area contributed by atoms with Crippen molar-refractivity contribution in [3.05, 3.63) is 70.9 Å². The minimum absolute atomic E-state index is 0.0475. The van der Waals surface area contributed by atoms with E-state index < -0.39 is 5.97 Å². The Balaban J connectivity index is 1.40. The molecule has 7 heteroatoms. The van der Waals surface area contributed by atoms with Gasteiger partial charge in [0.2, 0.25) is 5.89 Å². The number of thiazole rings is 1. The van der Waals surface area contributed by atoms with Crippen LogP contribution < -0.4 is 0 Å². The summed E-state index contributed by atoms with van der Waals surface area (Å²) in [5, 5.41) is 4.44. The van der Waals surface area contributed by atoms with Gasteiger partial charge in [0.25, 0.3) is 0 Å². The highest BCUT2D eigenvalue weighted by atomic mass is 32.1. The van der Waals surface area contributed by atoms with Crippen molar-refractivity contribution in [2.24, 2.45) is 0 Å². The lowest BCUT2D eigenvalue weighted by Gasteiger charge is -1.99. The molecule has 0 unspecified atom stereocenters. The molecule has 0 spiro atoms. The molecule has 0 saturated carbocycles. The van der Waals surface area contributed by atoms with Crippen LogP contribution >= 0.6 is 22.7 Å². The van der Waals surface area contributed by atoms with Gasteiger partial charge in [0.05, 0.1) is 4.88 Å². The average molecular weight is 368 g/mol. The van der Waals surface area contributed by atoms with Gasteiger partial charge >= 0.3 is 5.97 Å². The number of aromatic nitrogens is 2. The Labute approximate surface area is 151 Å². The second kappa shape index (κ2) is 7.00. The van der Waals surface area contributed by atoms with E-state index in [0.717, 1.165) is 15.4 Å². The predicted octanol–water partition coefficient (Wildman–Crippen LogP) is 4.88. The maximum absolute atomic E-state index is 12.2. The standard InChI is InChI=1S/C18H12N2O3S2/c21-18(14-11-25-17(20-14)12-5-2-1-3-6-12)23-10-13-9-22-16(19-13)15-7-4-8-24-15/h1-9,11H,10H2. The van der Waals surface area contributed by atoms with Crippen LogP contribution in [0.3, 0.4) is 0 Å². The molecule has 5 nitrogen and oxygen atoms in total. The first kappa shape index (κ1) is 15.7. The van der Waals surface area contributed by atoms with Gasteiger partial charge in [-0.2, -0.15) is 0 Å². The fraction of sp³-hybridized carbons (Fsp3) is 0.0556. The summed E-state index contributed by atoms with van der Waals surface area (Å²) >= 11 is 2.95. The molecule has 0 saturated heterocycles. The third-order valence-electron chi connectivity index (χ3n) is 3.37. The molecule has 0 fully saturated rings. The SMILES string of the molecule is O=C(OCc1coc(-c2cccs2)n1)c1csc(-c2ccccc2)n1. The zero-order valence-electron chi connectivity index (χ0n) is 12.9. The van der Waals surface area contributed by atoms with Crippen molar-refractivity contribution in [3.8, 4) is 21.3 Å². The smallest absolute Gasteiger partial charge is 0.358 e. The van der Waals surface area contributed by atoms with E-state index in [1.165, 1.54) is 28.9 Å². The Morgan fingerprint density at radius 2 is 1.96 bits per heavy atom. The molecule has 0 bridgehead atoms. The number of hydrogen-bond acceptors (Lipinski definition) is 7. The summed E-state index contributed by atoms with van der Waals surface area (Å²) in [6, 6.07) is 13.6. The predicted molar refractivity (Wildman–Crippen MR) is 96.5 cm³/mol. The molecule has 0 aliphatic rings. The molecule has 0 radical (unpaired) electrons. The average Bonchev–Trinajstić information content (AvgIpc) is 3.41. The quantitative estimate of drug-likeness (QED) is 0.470. The van der Waals surface area contributed by atoms with E-state index >= 15 is 0 Å². The van der Waals surface area contributed by atoms with Crippen molar-refractivity contribution in [2.75, 3.05) is 0 Å². The first-order chi connectivity index (χ1) is 12.3. The van der Waals surface area contributed by atoms with E-state index in [-0.39, 0.29) is 6.61 Å². The minimum atomic E-state index is -0.473.